The van der Waals surface area contributed by atoms with E-state index < -0.39 is 8.32 Å². The van der Waals surface area contributed by atoms with E-state index in [2.05, 4.69) is 78.0 Å². The number of aliphatic imine (C=N–C) groups is 1. The smallest absolute Gasteiger partial charge is 0.193 e. The Morgan fingerprint density at radius 2 is 1.96 bits per heavy atom. The summed E-state index contributed by atoms with van der Waals surface area (Å²) in [4.78, 5) is 9.14. The Morgan fingerprint density at radius 1 is 1.24 bits per heavy atom. The van der Waals surface area contributed by atoms with Crippen LogP contribution in [0.3, 0.4) is 0 Å². The van der Waals surface area contributed by atoms with Gasteiger partial charge in [-0.05, 0) is 23.7 Å². The van der Waals surface area contributed by atoms with Crippen molar-refractivity contribution in [3.05, 3.63) is 47.9 Å². The predicted molar refractivity (Wildman–Crippen MR) is 106 cm³/mol. The van der Waals surface area contributed by atoms with Crippen LogP contribution in [0, 0.1) is 0 Å². The molecule has 1 aliphatic rings. The fourth-order valence-electron chi connectivity index (χ4n) is 2.66. The third-order valence-electron chi connectivity index (χ3n) is 5.17. The van der Waals surface area contributed by atoms with Gasteiger partial charge in [0.15, 0.2) is 8.32 Å². The summed E-state index contributed by atoms with van der Waals surface area (Å²) >= 11 is 0. The van der Waals surface area contributed by atoms with Gasteiger partial charge in [0.05, 0.1) is 25.8 Å². The Hall–Kier alpha value is -1.92. The molecule has 25 heavy (non-hydrogen) atoms. The molecule has 1 atom stereocenters. The van der Waals surface area contributed by atoms with Crippen LogP contribution in [-0.2, 0) is 11.0 Å². The number of anilines is 1. The molecule has 2 heterocycles. The van der Waals surface area contributed by atoms with E-state index in [1.165, 1.54) is 5.56 Å². The minimum absolute atomic E-state index is 0.0980. The number of nitrogens with one attached hydrogen (secondary N) is 1. The molecule has 0 bridgehead atoms. The fourth-order valence-corrected chi connectivity index (χ4v) is 3.91. The molecule has 0 aliphatic carbocycles. The average Bonchev–Trinajstić information content (AvgIpc) is 2.82. The summed E-state index contributed by atoms with van der Waals surface area (Å²) in [6.07, 6.45) is 3.56. The SMILES string of the molecule is CC(C)(C)[Si](C)(C)O[C@@H]1CN=CNc2c1ncn2Cc1ccccc1. The predicted octanol–water partition coefficient (Wildman–Crippen LogP) is 4.45. The quantitative estimate of drug-likeness (QED) is 0.824. The second-order valence-corrected chi connectivity index (χ2v) is 12.9. The number of benzene rings is 1. The van der Waals surface area contributed by atoms with E-state index in [1.807, 2.05) is 12.4 Å². The second-order valence-electron chi connectivity index (χ2n) is 8.10. The van der Waals surface area contributed by atoms with E-state index in [0.29, 0.717) is 6.54 Å². The number of hydrogen-bond donors (Lipinski definition) is 1. The normalized spacial score (nSPS) is 17.7. The Labute approximate surface area is 151 Å². The Morgan fingerprint density at radius 3 is 2.64 bits per heavy atom. The average molecular weight is 357 g/mol. The summed E-state index contributed by atoms with van der Waals surface area (Å²) in [5, 5.41) is 3.45. The van der Waals surface area contributed by atoms with Gasteiger partial charge < -0.3 is 14.3 Å². The molecule has 0 spiro atoms. The minimum atomic E-state index is -1.90. The van der Waals surface area contributed by atoms with Crippen LogP contribution in [0.4, 0.5) is 5.82 Å². The monoisotopic (exact) mass is 356 g/mol. The van der Waals surface area contributed by atoms with Crippen LogP contribution in [0.25, 0.3) is 0 Å². The first kappa shape index (κ1) is 17.9. The first-order chi connectivity index (χ1) is 11.8. The Kier molecular flexibility index (Phi) is 4.84. The van der Waals surface area contributed by atoms with Crippen molar-refractivity contribution in [3.63, 3.8) is 0 Å². The fraction of sp³-hybridized carbons (Fsp3) is 0.474. The van der Waals surface area contributed by atoms with Gasteiger partial charge in [-0.1, -0.05) is 51.1 Å². The molecule has 0 saturated heterocycles. The first-order valence-corrected chi connectivity index (χ1v) is 11.7. The van der Waals surface area contributed by atoms with Gasteiger partial charge in [0.2, 0.25) is 0 Å². The Bertz CT molecular complexity index is 747. The van der Waals surface area contributed by atoms with Crippen molar-refractivity contribution in [2.24, 2.45) is 4.99 Å². The number of hydrogen-bond acceptors (Lipinski definition) is 4. The summed E-state index contributed by atoms with van der Waals surface area (Å²) < 4.78 is 8.75. The maximum Gasteiger partial charge on any atom is 0.193 e. The number of rotatable bonds is 4. The molecule has 1 aromatic carbocycles. The van der Waals surface area contributed by atoms with Gasteiger partial charge in [-0.3, -0.25) is 4.99 Å². The van der Waals surface area contributed by atoms with Crippen molar-refractivity contribution < 1.29 is 4.43 Å². The van der Waals surface area contributed by atoms with Crippen molar-refractivity contribution in [2.45, 2.75) is 51.6 Å². The van der Waals surface area contributed by atoms with E-state index in [1.54, 1.807) is 6.34 Å². The summed E-state index contributed by atoms with van der Waals surface area (Å²) in [7, 11) is -1.90. The van der Waals surface area contributed by atoms with Gasteiger partial charge in [-0.25, -0.2) is 4.98 Å². The second kappa shape index (κ2) is 6.76. The first-order valence-electron chi connectivity index (χ1n) is 8.79. The molecule has 0 radical (unpaired) electrons. The summed E-state index contributed by atoms with van der Waals surface area (Å²) in [5.41, 5.74) is 2.20. The van der Waals surface area contributed by atoms with Crippen LogP contribution < -0.4 is 5.32 Å². The largest absolute Gasteiger partial charge is 0.406 e. The topological polar surface area (TPSA) is 51.4 Å². The molecular formula is C19H28N4OSi. The highest BCUT2D eigenvalue weighted by Gasteiger charge is 2.40. The number of nitrogens with zero attached hydrogens (tertiary/aromatic N) is 3. The van der Waals surface area contributed by atoms with E-state index in [-0.39, 0.29) is 11.1 Å². The molecule has 1 aliphatic heterocycles. The van der Waals surface area contributed by atoms with E-state index >= 15 is 0 Å². The van der Waals surface area contributed by atoms with Gasteiger partial charge in [0.25, 0.3) is 0 Å². The van der Waals surface area contributed by atoms with Crippen LogP contribution in [0.15, 0.2) is 41.7 Å². The lowest BCUT2D eigenvalue weighted by molar-refractivity contribution is 0.189. The number of aromatic nitrogens is 2. The molecule has 0 amide bonds. The third-order valence-corrected chi connectivity index (χ3v) is 9.66. The van der Waals surface area contributed by atoms with Crippen LogP contribution in [0.2, 0.25) is 18.1 Å². The molecule has 0 saturated carbocycles. The highest BCUT2D eigenvalue weighted by atomic mass is 28.4. The zero-order valence-corrected chi connectivity index (χ0v) is 16.8. The van der Waals surface area contributed by atoms with Crippen molar-refractivity contribution in [2.75, 3.05) is 11.9 Å². The van der Waals surface area contributed by atoms with Crippen molar-refractivity contribution >= 4 is 20.5 Å². The van der Waals surface area contributed by atoms with E-state index in [4.69, 9.17) is 4.43 Å². The number of fused-ring (bicyclic) bond motifs is 1. The van der Waals surface area contributed by atoms with Gasteiger partial charge in [0.1, 0.15) is 17.6 Å². The summed E-state index contributed by atoms with van der Waals surface area (Å²) in [5.74, 6) is 0.980. The molecule has 5 nitrogen and oxygen atoms in total. The minimum Gasteiger partial charge on any atom is -0.406 e. The maximum absolute atomic E-state index is 6.62. The lowest BCUT2D eigenvalue weighted by Gasteiger charge is -2.38. The molecule has 1 aromatic heterocycles. The van der Waals surface area contributed by atoms with Crippen molar-refractivity contribution in [1.82, 2.24) is 9.55 Å². The van der Waals surface area contributed by atoms with Crippen LogP contribution in [0.1, 0.15) is 38.1 Å². The lowest BCUT2D eigenvalue weighted by Crippen LogP contribution is -2.42. The molecule has 6 heteroatoms. The third kappa shape index (κ3) is 3.85. The van der Waals surface area contributed by atoms with Gasteiger partial charge in [0, 0.05) is 0 Å². The molecule has 3 rings (SSSR count). The lowest BCUT2D eigenvalue weighted by atomic mass is 10.2. The van der Waals surface area contributed by atoms with Crippen molar-refractivity contribution in [3.8, 4) is 0 Å². The highest BCUT2D eigenvalue weighted by molar-refractivity contribution is 6.74. The molecule has 2 aromatic rings. The van der Waals surface area contributed by atoms with Crippen LogP contribution in [0.5, 0.6) is 0 Å². The van der Waals surface area contributed by atoms with E-state index in [0.717, 1.165) is 18.1 Å². The molecule has 134 valence electrons. The summed E-state index contributed by atoms with van der Waals surface area (Å²) in [6, 6.07) is 10.4. The zero-order valence-electron chi connectivity index (χ0n) is 15.8. The number of imidazole rings is 1. The molecule has 0 fully saturated rings. The summed E-state index contributed by atoms with van der Waals surface area (Å²) in [6.45, 7) is 12.7. The highest BCUT2D eigenvalue weighted by Crippen LogP contribution is 2.40. The molecule has 0 unspecified atom stereocenters. The van der Waals surface area contributed by atoms with Crippen LogP contribution >= 0.6 is 0 Å². The molecule has 1 N–H and O–H groups in total. The van der Waals surface area contributed by atoms with Gasteiger partial charge in [-0.15, -0.1) is 0 Å². The standard InChI is InChI=1S/C19H28N4OSi/c1-19(2,3)25(4,5)24-16-11-20-13-21-18-17(16)22-14-23(18)12-15-9-7-6-8-10-15/h6-10,13-14,16H,11-12H2,1-5H3,(H,20,21)/t16-/m1/s1. The maximum atomic E-state index is 6.62. The van der Waals surface area contributed by atoms with Gasteiger partial charge in [-0.2, -0.15) is 0 Å². The molecular weight excluding hydrogens is 328 g/mol. The van der Waals surface area contributed by atoms with Crippen LogP contribution in [-0.4, -0.2) is 30.8 Å². The van der Waals surface area contributed by atoms with Crippen molar-refractivity contribution in [1.29, 1.82) is 0 Å². The zero-order chi connectivity index (χ0) is 18.1. The Balaban J connectivity index is 1.88. The van der Waals surface area contributed by atoms with E-state index in [9.17, 15) is 0 Å². The van der Waals surface area contributed by atoms with Gasteiger partial charge >= 0.3 is 0 Å².